The molecule has 0 aliphatic carbocycles. The van der Waals surface area contributed by atoms with Crippen LogP contribution >= 0.6 is 11.6 Å². The Morgan fingerprint density at radius 3 is 2.56 bits per heavy atom. The molecule has 2 aromatic rings. The van der Waals surface area contributed by atoms with Crippen LogP contribution in [0.5, 0.6) is 6.01 Å². The van der Waals surface area contributed by atoms with Crippen LogP contribution in [0.15, 0.2) is 36.7 Å². The number of piperidine rings is 1. The lowest BCUT2D eigenvalue weighted by Gasteiger charge is -2.32. The van der Waals surface area contributed by atoms with E-state index >= 15 is 0 Å². The minimum Gasteiger partial charge on any atom is -0.458 e. The third kappa shape index (κ3) is 4.39. The summed E-state index contributed by atoms with van der Waals surface area (Å²) in [4.78, 5) is 24.7. The maximum absolute atomic E-state index is 12.7. The standard InChI is InChI=1S/C18H21ClN4O2/c1-22(2)15-7-5-13(6-8-15)17(24)23-9-3-4-16(12-23)25-18-20-10-14(19)11-21-18/h5-8,10-11,16H,3-4,9,12H2,1-2H3. The first-order valence-corrected chi connectivity index (χ1v) is 8.61. The molecular weight excluding hydrogens is 340 g/mol. The Kier molecular flexibility index (Phi) is 5.38. The second-order valence-corrected chi connectivity index (χ2v) is 6.69. The van der Waals surface area contributed by atoms with Gasteiger partial charge in [-0.15, -0.1) is 0 Å². The van der Waals surface area contributed by atoms with E-state index in [0.717, 1.165) is 25.1 Å². The van der Waals surface area contributed by atoms with Crippen molar-refractivity contribution in [1.82, 2.24) is 14.9 Å². The Labute approximate surface area is 152 Å². The monoisotopic (exact) mass is 360 g/mol. The van der Waals surface area contributed by atoms with E-state index in [2.05, 4.69) is 9.97 Å². The summed E-state index contributed by atoms with van der Waals surface area (Å²) < 4.78 is 5.80. The van der Waals surface area contributed by atoms with Gasteiger partial charge in [-0.1, -0.05) is 11.6 Å². The fraction of sp³-hybridized carbons (Fsp3) is 0.389. The molecule has 1 aromatic carbocycles. The number of amides is 1. The third-order valence-corrected chi connectivity index (χ3v) is 4.36. The molecule has 0 radical (unpaired) electrons. The molecule has 3 rings (SSSR count). The van der Waals surface area contributed by atoms with Gasteiger partial charge >= 0.3 is 6.01 Å². The first-order valence-electron chi connectivity index (χ1n) is 8.24. The predicted molar refractivity (Wildman–Crippen MR) is 97.4 cm³/mol. The summed E-state index contributed by atoms with van der Waals surface area (Å²) in [5, 5.41) is 0.467. The van der Waals surface area contributed by atoms with Crippen molar-refractivity contribution in [2.24, 2.45) is 0 Å². The van der Waals surface area contributed by atoms with Gasteiger partial charge in [-0.25, -0.2) is 9.97 Å². The zero-order valence-electron chi connectivity index (χ0n) is 14.4. The van der Waals surface area contributed by atoms with Crippen molar-refractivity contribution in [2.75, 3.05) is 32.1 Å². The van der Waals surface area contributed by atoms with Gasteiger partial charge in [-0.3, -0.25) is 4.79 Å². The molecule has 2 heterocycles. The SMILES string of the molecule is CN(C)c1ccc(C(=O)N2CCCC(Oc3ncc(Cl)cn3)C2)cc1. The molecule has 1 amide bonds. The Bertz CT molecular complexity index is 719. The number of rotatable bonds is 4. The maximum Gasteiger partial charge on any atom is 0.316 e. The average molecular weight is 361 g/mol. The topological polar surface area (TPSA) is 58.6 Å². The number of aromatic nitrogens is 2. The van der Waals surface area contributed by atoms with Crippen molar-refractivity contribution in [3.05, 3.63) is 47.2 Å². The van der Waals surface area contributed by atoms with Crippen molar-refractivity contribution >= 4 is 23.2 Å². The van der Waals surface area contributed by atoms with Crippen LogP contribution in [0.25, 0.3) is 0 Å². The van der Waals surface area contributed by atoms with E-state index in [1.165, 1.54) is 12.4 Å². The lowest BCUT2D eigenvalue weighted by Crippen LogP contribution is -2.44. The van der Waals surface area contributed by atoms with E-state index in [1.54, 1.807) is 0 Å². The highest BCUT2D eigenvalue weighted by Gasteiger charge is 2.26. The number of ether oxygens (including phenoxy) is 1. The maximum atomic E-state index is 12.7. The van der Waals surface area contributed by atoms with Crippen LogP contribution in [0, 0.1) is 0 Å². The lowest BCUT2D eigenvalue weighted by atomic mass is 10.1. The van der Waals surface area contributed by atoms with Crippen molar-refractivity contribution in [2.45, 2.75) is 18.9 Å². The number of hydrogen-bond acceptors (Lipinski definition) is 5. The van der Waals surface area contributed by atoms with Crippen molar-refractivity contribution in [3.8, 4) is 6.01 Å². The summed E-state index contributed by atoms with van der Waals surface area (Å²) in [5.74, 6) is 0.0237. The molecule has 1 aliphatic rings. The Morgan fingerprint density at radius 2 is 1.92 bits per heavy atom. The highest BCUT2D eigenvalue weighted by atomic mass is 35.5. The fourth-order valence-electron chi connectivity index (χ4n) is 2.81. The molecule has 25 heavy (non-hydrogen) atoms. The van der Waals surface area contributed by atoms with E-state index in [0.29, 0.717) is 23.1 Å². The van der Waals surface area contributed by atoms with Gasteiger partial charge in [0.25, 0.3) is 5.91 Å². The Morgan fingerprint density at radius 1 is 1.24 bits per heavy atom. The predicted octanol–water partition coefficient (Wildman–Crippen LogP) is 2.88. The number of carbonyl (C=O) groups is 1. The minimum absolute atomic E-state index is 0.0237. The summed E-state index contributed by atoms with van der Waals surface area (Å²) in [7, 11) is 3.95. The normalized spacial score (nSPS) is 17.2. The van der Waals surface area contributed by atoms with E-state index in [-0.39, 0.29) is 12.0 Å². The first kappa shape index (κ1) is 17.5. The zero-order chi connectivity index (χ0) is 17.8. The molecular formula is C18H21ClN4O2. The van der Waals surface area contributed by atoms with Crippen molar-refractivity contribution < 1.29 is 9.53 Å². The van der Waals surface area contributed by atoms with Gasteiger partial charge in [-0.2, -0.15) is 0 Å². The molecule has 0 N–H and O–H groups in total. The number of benzene rings is 1. The van der Waals surface area contributed by atoms with Crippen LogP contribution in [-0.4, -0.2) is 54.1 Å². The number of hydrogen-bond donors (Lipinski definition) is 0. The summed E-state index contributed by atoms with van der Waals surface area (Å²) in [6.07, 6.45) is 4.65. The molecule has 1 atom stereocenters. The van der Waals surface area contributed by atoms with Gasteiger partial charge < -0.3 is 14.5 Å². The molecule has 6 nitrogen and oxygen atoms in total. The van der Waals surface area contributed by atoms with Crippen LogP contribution in [0.3, 0.4) is 0 Å². The summed E-state index contributed by atoms with van der Waals surface area (Å²) >= 11 is 5.78. The number of anilines is 1. The number of likely N-dealkylation sites (tertiary alicyclic amines) is 1. The molecule has 7 heteroatoms. The molecule has 1 fully saturated rings. The average Bonchev–Trinajstić information content (AvgIpc) is 2.63. The van der Waals surface area contributed by atoms with Crippen LogP contribution in [-0.2, 0) is 0 Å². The van der Waals surface area contributed by atoms with Gasteiger partial charge in [0.05, 0.1) is 24.0 Å². The van der Waals surface area contributed by atoms with Crippen molar-refractivity contribution in [1.29, 1.82) is 0 Å². The van der Waals surface area contributed by atoms with Crippen LogP contribution in [0.4, 0.5) is 5.69 Å². The molecule has 1 aliphatic heterocycles. The number of carbonyl (C=O) groups excluding carboxylic acids is 1. The van der Waals surface area contributed by atoms with E-state index in [9.17, 15) is 4.79 Å². The van der Waals surface area contributed by atoms with Crippen LogP contribution < -0.4 is 9.64 Å². The molecule has 1 aromatic heterocycles. The Balaban J connectivity index is 1.63. The van der Waals surface area contributed by atoms with Crippen LogP contribution in [0.2, 0.25) is 5.02 Å². The summed E-state index contributed by atoms with van der Waals surface area (Å²) in [6.45, 7) is 1.26. The highest BCUT2D eigenvalue weighted by molar-refractivity contribution is 6.30. The van der Waals surface area contributed by atoms with E-state index in [1.807, 2.05) is 48.2 Å². The molecule has 0 spiro atoms. The molecule has 1 saturated heterocycles. The quantitative estimate of drug-likeness (QED) is 0.839. The zero-order valence-corrected chi connectivity index (χ0v) is 15.1. The minimum atomic E-state index is -0.111. The van der Waals surface area contributed by atoms with Gasteiger partial charge in [0, 0.05) is 31.9 Å². The third-order valence-electron chi connectivity index (χ3n) is 4.16. The molecule has 1 unspecified atom stereocenters. The Hall–Kier alpha value is -2.34. The second kappa shape index (κ2) is 7.70. The summed E-state index contributed by atoms with van der Waals surface area (Å²) in [5.41, 5.74) is 1.75. The molecule has 0 saturated carbocycles. The first-order chi connectivity index (χ1) is 12.0. The van der Waals surface area contributed by atoms with Crippen molar-refractivity contribution in [3.63, 3.8) is 0 Å². The summed E-state index contributed by atoms with van der Waals surface area (Å²) in [6, 6.07) is 7.92. The largest absolute Gasteiger partial charge is 0.458 e. The fourth-order valence-corrected chi connectivity index (χ4v) is 2.91. The van der Waals surface area contributed by atoms with Gasteiger partial charge in [-0.05, 0) is 37.1 Å². The second-order valence-electron chi connectivity index (χ2n) is 6.26. The smallest absolute Gasteiger partial charge is 0.316 e. The lowest BCUT2D eigenvalue weighted by molar-refractivity contribution is 0.0516. The van der Waals surface area contributed by atoms with Gasteiger partial charge in [0.2, 0.25) is 0 Å². The molecule has 132 valence electrons. The van der Waals surface area contributed by atoms with E-state index < -0.39 is 0 Å². The number of halogens is 1. The van der Waals surface area contributed by atoms with E-state index in [4.69, 9.17) is 16.3 Å². The van der Waals surface area contributed by atoms with Gasteiger partial charge in [0.1, 0.15) is 6.10 Å². The van der Waals surface area contributed by atoms with Gasteiger partial charge in [0.15, 0.2) is 0 Å². The number of nitrogens with zero attached hydrogens (tertiary/aromatic N) is 4. The highest BCUT2D eigenvalue weighted by Crippen LogP contribution is 2.19. The molecule has 0 bridgehead atoms. The van der Waals surface area contributed by atoms with Crippen LogP contribution in [0.1, 0.15) is 23.2 Å².